The Balaban J connectivity index is 2.15. The van der Waals surface area contributed by atoms with Crippen LogP contribution in [0.5, 0.6) is 11.5 Å². The van der Waals surface area contributed by atoms with Crippen LogP contribution in [0.3, 0.4) is 0 Å². The Morgan fingerprint density at radius 1 is 1.15 bits per heavy atom. The van der Waals surface area contributed by atoms with E-state index >= 15 is 0 Å². The van der Waals surface area contributed by atoms with Gasteiger partial charge in [0.1, 0.15) is 24.1 Å². The molecule has 0 amide bonds. The number of alkyl halides is 3. The summed E-state index contributed by atoms with van der Waals surface area (Å²) in [4.78, 5) is 11.5. The predicted octanol–water partition coefficient (Wildman–Crippen LogP) is 3.34. The van der Waals surface area contributed by atoms with Crippen molar-refractivity contribution in [3.63, 3.8) is 0 Å². The van der Waals surface area contributed by atoms with Crippen molar-refractivity contribution in [1.29, 1.82) is 0 Å². The third-order valence-corrected chi connectivity index (χ3v) is 3.86. The lowest BCUT2D eigenvalue weighted by molar-refractivity contribution is -0.142. The van der Waals surface area contributed by atoms with E-state index in [0.29, 0.717) is 11.3 Å². The summed E-state index contributed by atoms with van der Waals surface area (Å²) >= 11 is 0. The van der Waals surface area contributed by atoms with Crippen LogP contribution in [0, 0.1) is 0 Å². The summed E-state index contributed by atoms with van der Waals surface area (Å²) in [5, 5.41) is 0. The number of esters is 1. The van der Waals surface area contributed by atoms with Crippen molar-refractivity contribution >= 4 is 5.97 Å². The van der Waals surface area contributed by atoms with E-state index in [1.165, 1.54) is 26.4 Å². The molecule has 1 unspecified atom stereocenters. The van der Waals surface area contributed by atoms with Gasteiger partial charge >= 0.3 is 12.1 Å². The van der Waals surface area contributed by atoms with Gasteiger partial charge in [0.15, 0.2) is 0 Å². The molecule has 0 fully saturated rings. The fraction of sp³-hybridized carbons (Fsp3) is 0.316. The molecule has 2 rings (SSSR count). The van der Waals surface area contributed by atoms with E-state index in [-0.39, 0.29) is 18.8 Å². The third-order valence-electron chi connectivity index (χ3n) is 3.86. The fourth-order valence-corrected chi connectivity index (χ4v) is 2.48. The first kappa shape index (κ1) is 20.6. The van der Waals surface area contributed by atoms with Crippen molar-refractivity contribution in [1.82, 2.24) is 0 Å². The molecule has 0 aliphatic rings. The second-order valence-electron chi connectivity index (χ2n) is 5.79. The maximum Gasteiger partial charge on any atom is 0.416 e. The Morgan fingerprint density at radius 3 is 2.52 bits per heavy atom. The molecule has 27 heavy (non-hydrogen) atoms. The topological polar surface area (TPSA) is 70.8 Å². The summed E-state index contributed by atoms with van der Waals surface area (Å²) in [5.74, 6) is 0.0634. The molecule has 2 aromatic rings. The summed E-state index contributed by atoms with van der Waals surface area (Å²) in [6.07, 6.45) is -4.20. The monoisotopic (exact) mass is 383 g/mol. The van der Waals surface area contributed by atoms with Gasteiger partial charge in [-0.15, -0.1) is 0 Å². The second kappa shape index (κ2) is 8.77. The summed E-state index contributed by atoms with van der Waals surface area (Å²) < 4.78 is 53.7. The van der Waals surface area contributed by atoms with E-state index < -0.39 is 23.8 Å². The summed E-state index contributed by atoms with van der Waals surface area (Å²) in [5.41, 5.74) is 6.33. The number of ether oxygens (including phenoxy) is 3. The standard InChI is InChI=1S/C19H20F3NO4/c1-25-17-7-6-12(9-16(23)18(24)26-2)8-13(17)11-27-15-5-3-4-14(10-15)19(20,21)22/h3-8,10,16H,9,11,23H2,1-2H3. The molecule has 2 aromatic carbocycles. The molecule has 1 atom stereocenters. The van der Waals surface area contributed by atoms with Crippen LogP contribution in [0.25, 0.3) is 0 Å². The number of carbonyl (C=O) groups excluding carboxylic acids is 1. The third kappa shape index (κ3) is 5.62. The quantitative estimate of drug-likeness (QED) is 0.743. The first-order valence-corrected chi connectivity index (χ1v) is 8.04. The molecule has 146 valence electrons. The second-order valence-corrected chi connectivity index (χ2v) is 5.79. The Labute approximate surface area is 154 Å². The zero-order chi connectivity index (χ0) is 20.0. The van der Waals surface area contributed by atoms with E-state index in [9.17, 15) is 18.0 Å². The van der Waals surface area contributed by atoms with E-state index in [0.717, 1.165) is 17.7 Å². The number of hydrogen-bond acceptors (Lipinski definition) is 5. The van der Waals surface area contributed by atoms with Crippen LogP contribution < -0.4 is 15.2 Å². The molecule has 0 aliphatic heterocycles. The minimum atomic E-state index is -4.44. The lowest BCUT2D eigenvalue weighted by Crippen LogP contribution is -2.33. The van der Waals surface area contributed by atoms with Gasteiger partial charge in [-0.05, 0) is 42.3 Å². The molecule has 0 spiro atoms. The number of nitrogens with two attached hydrogens (primary N) is 1. The van der Waals surface area contributed by atoms with Gasteiger partial charge in [-0.2, -0.15) is 13.2 Å². The van der Waals surface area contributed by atoms with Crippen LogP contribution in [0.4, 0.5) is 13.2 Å². The minimum Gasteiger partial charge on any atom is -0.496 e. The highest BCUT2D eigenvalue weighted by atomic mass is 19.4. The van der Waals surface area contributed by atoms with Crippen molar-refractivity contribution in [2.45, 2.75) is 25.2 Å². The maximum absolute atomic E-state index is 12.8. The molecule has 5 nitrogen and oxygen atoms in total. The Hall–Kier alpha value is -2.74. The zero-order valence-corrected chi connectivity index (χ0v) is 14.9. The number of benzene rings is 2. The largest absolute Gasteiger partial charge is 0.496 e. The van der Waals surface area contributed by atoms with Crippen LogP contribution >= 0.6 is 0 Å². The smallest absolute Gasteiger partial charge is 0.416 e. The molecule has 0 bridgehead atoms. The molecule has 0 radical (unpaired) electrons. The predicted molar refractivity (Wildman–Crippen MR) is 92.5 cm³/mol. The average Bonchev–Trinajstić information content (AvgIpc) is 2.65. The van der Waals surface area contributed by atoms with Gasteiger partial charge in [0.05, 0.1) is 19.8 Å². The summed E-state index contributed by atoms with van der Waals surface area (Å²) in [6.45, 7) is -0.00815. The Morgan fingerprint density at radius 2 is 1.89 bits per heavy atom. The molecule has 2 N–H and O–H groups in total. The number of carbonyl (C=O) groups is 1. The van der Waals surface area contributed by atoms with E-state index in [1.807, 2.05) is 0 Å². The van der Waals surface area contributed by atoms with Crippen LogP contribution in [0.15, 0.2) is 42.5 Å². The minimum absolute atomic E-state index is 0.00815. The van der Waals surface area contributed by atoms with Crippen molar-refractivity contribution in [2.75, 3.05) is 14.2 Å². The number of rotatable bonds is 7. The number of hydrogen-bond donors (Lipinski definition) is 1. The fourth-order valence-electron chi connectivity index (χ4n) is 2.48. The van der Waals surface area contributed by atoms with Crippen LogP contribution in [0.1, 0.15) is 16.7 Å². The first-order chi connectivity index (χ1) is 12.7. The highest BCUT2D eigenvalue weighted by molar-refractivity contribution is 5.75. The Kier molecular flexibility index (Phi) is 6.68. The van der Waals surface area contributed by atoms with Crippen molar-refractivity contribution in [3.8, 4) is 11.5 Å². The lowest BCUT2D eigenvalue weighted by atomic mass is 10.0. The van der Waals surface area contributed by atoms with E-state index in [4.69, 9.17) is 15.2 Å². The summed E-state index contributed by atoms with van der Waals surface area (Å²) in [6, 6.07) is 8.97. The van der Waals surface area contributed by atoms with Crippen LogP contribution in [-0.2, 0) is 28.7 Å². The van der Waals surface area contributed by atoms with Gasteiger partial charge < -0.3 is 19.9 Å². The average molecular weight is 383 g/mol. The number of halogens is 3. The maximum atomic E-state index is 12.8. The molecule has 0 heterocycles. The van der Waals surface area contributed by atoms with Crippen molar-refractivity contribution in [2.24, 2.45) is 5.73 Å². The zero-order valence-electron chi connectivity index (χ0n) is 14.9. The van der Waals surface area contributed by atoms with Crippen molar-refractivity contribution < 1.29 is 32.2 Å². The van der Waals surface area contributed by atoms with Gasteiger partial charge in [-0.3, -0.25) is 4.79 Å². The molecule has 0 saturated carbocycles. The van der Waals surface area contributed by atoms with Crippen LogP contribution in [-0.4, -0.2) is 26.2 Å². The highest BCUT2D eigenvalue weighted by Gasteiger charge is 2.30. The van der Waals surface area contributed by atoms with Gasteiger partial charge in [0.25, 0.3) is 0 Å². The van der Waals surface area contributed by atoms with Gasteiger partial charge in [0.2, 0.25) is 0 Å². The molecule has 0 saturated heterocycles. The van der Waals surface area contributed by atoms with Crippen LogP contribution in [0.2, 0.25) is 0 Å². The molecular formula is C19H20F3NO4. The van der Waals surface area contributed by atoms with E-state index in [2.05, 4.69) is 4.74 Å². The highest BCUT2D eigenvalue weighted by Crippen LogP contribution is 2.32. The van der Waals surface area contributed by atoms with Gasteiger partial charge in [0, 0.05) is 5.56 Å². The molecular weight excluding hydrogens is 363 g/mol. The summed E-state index contributed by atoms with van der Waals surface area (Å²) in [7, 11) is 2.73. The van der Waals surface area contributed by atoms with E-state index in [1.54, 1.807) is 18.2 Å². The van der Waals surface area contributed by atoms with Crippen molar-refractivity contribution in [3.05, 3.63) is 59.2 Å². The number of methoxy groups -OCH3 is 2. The SMILES string of the molecule is COC(=O)C(N)Cc1ccc(OC)c(COc2cccc(C(F)(F)F)c2)c1. The van der Waals surface area contributed by atoms with Gasteiger partial charge in [-0.25, -0.2) is 0 Å². The molecule has 0 aromatic heterocycles. The first-order valence-electron chi connectivity index (χ1n) is 8.04. The lowest BCUT2D eigenvalue weighted by Gasteiger charge is -2.14. The van der Waals surface area contributed by atoms with Gasteiger partial charge in [-0.1, -0.05) is 12.1 Å². The molecule has 8 heteroatoms. The molecule has 0 aliphatic carbocycles. The Bertz CT molecular complexity index is 793. The normalized spacial score (nSPS) is 12.4.